The highest BCUT2D eigenvalue weighted by atomic mass is 16.6. The maximum atomic E-state index is 10.8. The van der Waals surface area contributed by atoms with Gasteiger partial charge in [-0.15, -0.1) is 0 Å². The number of quaternary nitrogens is 1. The van der Waals surface area contributed by atoms with Crippen molar-refractivity contribution in [3.8, 4) is 5.75 Å². The molecule has 1 aromatic rings. The Balaban J connectivity index is 2.44. The van der Waals surface area contributed by atoms with Gasteiger partial charge in [0, 0.05) is 13.2 Å². The van der Waals surface area contributed by atoms with E-state index in [-0.39, 0.29) is 5.69 Å². The molecule has 0 aliphatic carbocycles. The molecule has 6 heteroatoms. The molecule has 0 fully saturated rings. The summed E-state index contributed by atoms with van der Waals surface area (Å²) in [6, 6.07) is 4.96. The minimum absolute atomic E-state index is 0.0203. The Morgan fingerprint density at radius 1 is 1.33 bits per heavy atom. The number of aryl methyl sites for hydroxylation is 1. The summed E-state index contributed by atoms with van der Waals surface area (Å²) in [6.45, 7) is 4.54. The third-order valence-corrected chi connectivity index (χ3v) is 2.42. The van der Waals surface area contributed by atoms with E-state index in [2.05, 4.69) is 0 Å². The molecule has 100 valence electrons. The highest BCUT2D eigenvalue weighted by Crippen LogP contribution is 2.27. The number of nitro benzene ring substituents is 1. The van der Waals surface area contributed by atoms with E-state index in [0.29, 0.717) is 19.0 Å². The summed E-state index contributed by atoms with van der Waals surface area (Å²) in [7, 11) is 1.65. The third-order valence-electron chi connectivity index (χ3n) is 2.42. The number of methoxy groups -OCH3 is 1. The van der Waals surface area contributed by atoms with Crippen molar-refractivity contribution in [2.75, 3.05) is 33.4 Å². The van der Waals surface area contributed by atoms with Gasteiger partial charge >= 0.3 is 5.69 Å². The van der Waals surface area contributed by atoms with Gasteiger partial charge in [0.25, 0.3) is 0 Å². The van der Waals surface area contributed by atoms with Crippen molar-refractivity contribution >= 4 is 5.69 Å². The largest absolute Gasteiger partial charge is 0.481 e. The van der Waals surface area contributed by atoms with Gasteiger partial charge in [0.15, 0.2) is 5.75 Å². The van der Waals surface area contributed by atoms with Crippen LogP contribution in [0, 0.1) is 17.0 Å². The van der Waals surface area contributed by atoms with Crippen molar-refractivity contribution in [3.63, 3.8) is 0 Å². The Hall–Kier alpha value is -1.66. The monoisotopic (exact) mass is 255 g/mol. The lowest BCUT2D eigenvalue weighted by atomic mass is 10.2. The van der Waals surface area contributed by atoms with E-state index in [1.807, 2.05) is 12.2 Å². The molecule has 0 bridgehead atoms. The number of rotatable bonds is 8. The van der Waals surface area contributed by atoms with Gasteiger partial charge in [0.2, 0.25) is 0 Å². The highest BCUT2D eigenvalue weighted by Gasteiger charge is 2.14. The molecular weight excluding hydrogens is 236 g/mol. The summed E-state index contributed by atoms with van der Waals surface area (Å²) in [6.07, 6.45) is 0. The molecule has 0 radical (unpaired) electrons. The van der Waals surface area contributed by atoms with Gasteiger partial charge in [-0.2, -0.15) is 0 Å². The number of benzene rings is 1. The van der Waals surface area contributed by atoms with E-state index in [4.69, 9.17) is 9.47 Å². The molecule has 6 nitrogen and oxygen atoms in total. The van der Waals surface area contributed by atoms with Crippen LogP contribution < -0.4 is 10.1 Å². The molecule has 2 N–H and O–H groups in total. The number of hydrogen-bond acceptors (Lipinski definition) is 4. The SMILES string of the molecule is COCC[NH2+]CCOc1ccc(C)cc1[N+](=O)[O-]. The van der Waals surface area contributed by atoms with Crippen molar-refractivity contribution in [2.45, 2.75) is 6.92 Å². The molecule has 1 aromatic carbocycles. The summed E-state index contributed by atoms with van der Waals surface area (Å²) in [5, 5.41) is 12.9. The predicted molar refractivity (Wildman–Crippen MR) is 66.9 cm³/mol. The van der Waals surface area contributed by atoms with E-state index < -0.39 is 4.92 Å². The van der Waals surface area contributed by atoms with Crippen molar-refractivity contribution < 1.29 is 19.7 Å². The maximum absolute atomic E-state index is 10.8. The van der Waals surface area contributed by atoms with Crippen LogP contribution in [0.4, 0.5) is 5.69 Å². The van der Waals surface area contributed by atoms with Crippen molar-refractivity contribution in [3.05, 3.63) is 33.9 Å². The van der Waals surface area contributed by atoms with Crippen LogP contribution in [0.1, 0.15) is 5.56 Å². The minimum atomic E-state index is -0.420. The van der Waals surface area contributed by atoms with Gasteiger partial charge in [0.1, 0.15) is 13.2 Å². The van der Waals surface area contributed by atoms with Crippen LogP contribution in [0.2, 0.25) is 0 Å². The molecule has 0 spiro atoms. The van der Waals surface area contributed by atoms with Crippen molar-refractivity contribution in [1.82, 2.24) is 0 Å². The first-order valence-electron chi connectivity index (χ1n) is 5.83. The van der Waals surface area contributed by atoms with Gasteiger partial charge < -0.3 is 14.8 Å². The molecular formula is C12H19N2O4+. The molecule has 0 amide bonds. The van der Waals surface area contributed by atoms with Crippen LogP contribution in [0.15, 0.2) is 18.2 Å². The quantitative estimate of drug-likeness (QED) is 0.416. The Kier molecular flexibility index (Phi) is 6.10. The number of hydrogen-bond donors (Lipinski definition) is 1. The Morgan fingerprint density at radius 3 is 2.72 bits per heavy atom. The second-order valence-corrected chi connectivity index (χ2v) is 3.94. The zero-order chi connectivity index (χ0) is 13.4. The normalized spacial score (nSPS) is 10.3. The average Bonchev–Trinajstić information content (AvgIpc) is 2.35. The summed E-state index contributed by atoms with van der Waals surface area (Å²) >= 11 is 0. The molecule has 0 aliphatic heterocycles. The van der Waals surface area contributed by atoms with Crippen LogP contribution in [0.3, 0.4) is 0 Å². The number of nitrogens with two attached hydrogens (primary N) is 1. The lowest BCUT2D eigenvalue weighted by Crippen LogP contribution is -2.86. The second kappa shape index (κ2) is 7.62. The van der Waals surface area contributed by atoms with Crippen molar-refractivity contribution in [1.29, 1.82) is 0 Å². The zero-order valence-electron chi connectivity index (χ0n) is 10.7. The number of nitro groups is 1. The van der Waals surface area contributed by atoms with Crippen LogP contribution >= 0.6 is 0 Å². The molecule has 0 atom stereocenters. The fourth-order valence-corrected chi connectivity index (χ4v) is 1.49. The lowest BCUT2D eigenvalue weighted by Gasteiger charge is -2.06. The Bertz CT molecular complexity index is 396. The molecule has 0 aliphatic rings. The van der Waals surface area contributed by atoms with E-state index in [0.717, 1.165) is 18.7 Å². The van der Waals surface area contributed by atoms with Gasteiger partial charge in [0.05, 0.1) is 18.1 Å². The van der Waals surface area contributed by atoms with Gasteiger partial charge in [-0.25, -0.2) is 0 Å². The zero-order valence-corrected chi connectivity index (χ0v) is 10.7. The summed E-state index contributed by atoms with van der Waals surface area (Å²) in [4.78, 5) is 10.4. The first kappa shape index (κ1) is 14.4. The second-order valence-electron chi connectivity index (χ2n) is 3.94. The standard InChI is InChI=1S/C12H18N2O4/c1-10-3-4-12(11(9-10)14(15)16)18-8-6-13-5-7-17-2/h3-4,9,13H,5-8H2,1-2H3/p+1. The Labute approximate surface area is 106 Å². The lowest BCUT2D eigenvalue weighted by molar-refractivity contribution is -0.656. The average molecular weight is 255 g/mol. The van der Waals surface area contributed by atoms with Crippen LogP contribution in [0.25, 0.3) is 0 Å². The van der Waals surface area contributed by atoms with E-state index in [9.17, 15) is 10.1 Å². The summed E-state index contributed by atoms with van der Waals surface area (Å²) < 4.78 is 10.3. The summed E-state index contributed by atoms with van der Waals surface area (Å²) in [5.41, 5.74) is 0.868. The first-order chi connectivity index (χ1) is 8.65. The van der Waals surface area contributed by atoms with Gasteiger partial charge in [-0.1, -0.05) is 6.07 Å². The summed E-state index contributed by atoms with van der Waals surface area (Å²) in [5.74, 6) is 0.325. The predicted octanol–water partition coefficient (Wildman–Crippen LogP) is 0.492. The fourth-order valence-electron chi connectivity index (χ4n) is 1.49. The molecule has 0 aromatic heterocycles. The number of nitrogens with zero attached hydrogens (tertiary/aromatic N) is 1. The van der Waals surface area contributed by atoms with E-state index in [1.54, 1.807) is 19.2 Å². The van der Waals surface area contributed by atoms with Crippen molar-refractivity contribution in [2.24, 2.45) is 0 Å². The van der Waals surface area contributed by atoms with Gasteiger partial charge in [-0.3, -0.25) is 10.1 Å². The molecule has 0 unspecified atom stereocenters. The van der Waals surface area contributed by atoms with E-state index in [1.165, 1.54) is 6.07 Å². The molecule has 0 saturated carbocycles. The molecule has 0 saturated heterocycles. The topological polar surface area (TPSA) is 78.2 Å². The fraction of sp³-hybridized carbons (Fsp3) is 0.500. The van der Waals surface area contributed by atoms with Gasteiger partial charge in [-0.05, 0) is 18.6 Å². The van der Waals surface area contributed by atoms with Crippen LogP contribution in [-0.4, -0.2) is 38.3 Å². The van der Waals surface area contributed by atoms with Crippen LogP contribution in [0.5, 0.6) is 5.75 Å². The van der Waals surface area contributed by atoms with E-state index >= 15 is 0 Å². The smallest absolute Gasteiger partial charge is 0.311 e. The molecule has 0 heterocycles. The maximum Gasteiger partial charge on any atom is 0.311 e. The number of ether oxygens (including phenoxy) is 2. The Morgan fingerprint density at radius 2 is 2.06 bits per heavy atom. The minimum Gasteiger partial charge on any atom is -0.481 e. The third kappa shape index (κ3) is 4.68. The first-order valence-corrected chi connectivity index (χ1v) is 5.83. The molecule has 18 heavy (non-hydrogen) atoms. The highest BCUT2D eigenvalue weighted by molar-refractivity contribution is 5.48. The van der Waals surface area contributed by atoms with Crippen LogP contribution in [-0.2, 0) is 4.74 Å². The molecule has 1 rings (SSSR count).